The van der Waals surface area contributed by atoms with Crippen molar-refractivity contribution < 1.29 is 4.79 Å². The van der Waals surface area contributed by atoms with Crippen LogP contribution in [0.1, 0.15) is 26.3 Å². The Morgan fingerprint density at radius 3 is 2.38 bits per heavy atom. The van der Waals surface area contributed by atoms with Crippen molar-refractivity contribution in [2.45, 2.75) is 32.7 Å². The van der Waals surface area contributed by atoms with Gasteiger partial charge in [0.05, 0.1) is 6.54 Å². The van der Waals surface area contributed by atoms with Gasteiger partial charge in [-0.1, -0.05) is 30.3 Å². The van der Waals surface area contributed by atoms with Gasteiger partial charge in [-0.15, -0.1) is 0 Å². The molecule has 1 amide bonds. The third-order valence-electron chi connectivity index (χ3n) is 2.70. The average molecular weight is 290 g/mol. The van der Waals surface area contributed by atoms with Gasteiger partial charge in [-0.05, 0) is 32.8 Å². The van der Waals surface area contributed by atoms with Crippen LogP contribution in [0, 0.1) is 0 Å². The first-order valence-electron chi connectivity index (χ1n) is 7.20. The van der Waals surface area contributed by atoms with E-state index >= 15 is 0 Å². The number of hydrogen-bond acceptors (Lipinski definition) is 2. The highest BCUT2D eigenvalue weighted by Crippen LogP contribution is 1.98. The number of guanidine groups is 1. The normalized spacial score (nSPS) is 11.9. The van der Waals surface area contributed by atoms with Crippen molar-refractivity contribution >= 4 is 11.9 Å². The van der Waals surface area contributed by atoms with Crippen LogP contribution in [-0.4, -0.2) is 37.5 Å². The second-order valence-corrected chi connectivity index (χ2v) is 5.89. The molecule has 0 bridgehead atoms. The minimum absolute atomic E-state index is 0.0477. The molecule has 0 heterocycles. The summed E-state index contributed by atoms with van der Waals surface area (Å²) < 4.78 is 0. The molecule has 5 heteroatoms. The summed E-state index contributed by atoms with van der Waals surface area (Å²) in [5.41, 5.74) is 1.05. The molecule has 21 heavy (non-hydrogen) atoms. The molecule has 0 saturated carbocycles. The molecule has 0 radical (unpaired) electrons. The highest BCUT2D eigenvalue weighted by molar-refractivity contribution is 5.86. The van der Waals surface area contributed by atoms with Crippen LogP contribution in [0.5, 0.6) is 0 Å². The van der Waals surface area contributed by atoms with Gasteiger partial charge in [0.25, 0.3) is 0 Å². The molecule has 1 aromatic rings. The van der Waals surface area contributed by atoms with Crippen molar-refractivity contribution in [2.24, 2.45) is 4.99 Å². The van der Waals surface area contributed by atoms with E-state index in [0.29, 0.717) is 5.96 Å². The summed E-state index contributed by atoms with van der Waals surface area (Å²) >= 11 is 0. The number of rotatable bonds is 5. The predicted molar refractivity (Wildman–Crippen MR) is 87.4 cm³/mol. The van der Waals surface area contributed by atoms with Crippen LogP contribution in [0.25, 0.3) is 0 Å². The van der Waals surface area contributed by atoms with Gasteiger partial charge < -0.3 is 16.0 Å². The van der Waals surface area contributed by atoms with Gasteiger partial charge in [0.2, 0.25) is 5.91 Å². The monoisotopic (exact) mass is 290 g/mol. The summed E-state index contributed by atoms with van der Waals surface area (Å²) in [4.78, 5) is 15.8. The number of nitrogens with one attached hydrogen (secondary N) is 3. The predicted octanol–water partition coefficient (Wildman–Crippen LogP) is 1.31. The lowest BCUT2D eigenvalue weighted by molar-refractivity contribution is -0.121. The van der Waals surface area contributed by atoms with Crippen LogP contribution in [0.2, 0.25) is 0 Å². The minimum atomic E-state index is -0.219. The summed E-state index contributed by atoms with van der Waals surface area (Å²) in [5.74, 6) is 0.587. The van der Waals surface area contributed by atoms with E-state index in [-0.39, 0.29) is 18.0 Å². The molecule has 0 fully saturated rings. The van der Waals surface area contributed by atoms with Gasteiger partial charge in [0, 0.05) is 19.1 Å². The maximum atomic E-state index is 11.7. The number of carbonyl (C=O) groups is 1. The highest BCUT2D eigenvalue weighted by Gasteiger charge is 2.13. The maximum Gasteiger partial charge on any atom is 0.239 e. The zero-order valence-electron chi connectivity index (χ0n) is 13.4. The third kappa shape index (κ3) is 7.97. The molecule has 3 N–H and O–H groups in total. The lowest BCUT2D eigenvalue weighted by Crippen LogP contribution is -2.48. The molecule has 0 aliphatic heterocycles. The highest BCUT2D eigenvalue weighted by atomic mass is 16.2. The molecular weight excluding hydrogens is 264 g/mol. The fraction of sp³-hybridized carbons (Fsp3) is 0.500. The summed E-state index contributed by atoms with van der Waals surface area (Å²) in [7, 11) is 1.69. The largest absolute Gasteiger partial charge is 0.356 e. The molecule has 116 valence electrons. The molecular formula is C16H26N4O. The second-order valence-electron chi connectivity index (χ2n) is 5.89. The van der Waals surface area contributed by atoms with Crippen molar-refractivity contribution in [3.63, 3.8) is 0 Å². The number of hydrogen-bond donors (Lipinski definition) is 3. The Kier molecular flexibility index (Phi) is 6.72. The Morgan fingerprint density at radius 2 is 1.81 bits per heavy atom. The first-order valence-corrected chi connectivity index (χ1v) is 7.20. The number of amides is 1. The van der Waals surface area contributed by atoms with Crippen LogP contribution in [0.4, 0.5) is 0 Å². The quantitative estimate of drug-likeness (QED) is 0.566. The first-order chi connectivity index (χ1) is 9.90. The smallest absolute Gasteiger partial charge is 0.239 e. The fourth-order valence-corrected chi connectivity index (χ4v) is 1.82. The Hall–Kier alpha value is -2.04. The van der Waals surface area contributed by atoms with Crippen molar-refractivity contribution in [3.05, 3.63) is 35.9 Å². The van der Waals surface area contributed by atoms with Crippen LogP contribution in [-0.2, 0) is 11.2 Å². The summed E-state index contributed by atoms with van der Waals surface area (Å²) in [5, 5.41) is 9.10. The summed E-state index contributed by atoms with van der Waals surface area (Å²) in [6.45, 7) is 6.85. The lowest BCUT2D eigenvalue weighted by atomic mass is 10.1. The van der Waals surface area contributed by atoms with Gasteiger partial charge in [-0.3, -0.25) is 9.79 Å². The fourth-order valence-electron chi connectivity index (χ4n) is 1.82. The van der Waals surface area contributed by atoms with E-state index in [1.165, 1.54) is 5.56 Å². The third-order valence-corrected chi connectivity index (χ3v) is 2.70. The molecule has 5 nitrogen and oxygen atoms in total. The van der Waals surface area contributed by atoms with Crippen LogP contribution >= 0.6 is 0 Å². The van der Waals surface area contributed by atoms with Gasteiger partial charge >= 0.3 is 0 Å². The number of aliphatic imine (C=N–C) groups is 1. The molecule has 1 aromatic carbocycles. The number of nitrogens with zero attached hydrogens (tertiary/aromatic N) is 1. The molecule has 0 aromatic heterocycles. The van der Waals surface area contributed by atoms with E-state index in [1.54, 1.807) is 7.05 Å². The van der Waals surface area contributed by atoms with E-state index in [9.17, 15) is 4.79 Å². The van der Waals surface area contributed by atoms with E-state index in [0.717, 1.165) is 13.0 Å². The number of carbonyl (C=O) groups excluding carboxylic acids is 1. The van der Waals surface area contributed by atoms with Gasteiger partial charge in [0.1, 0.15) is 0 Å². The SMILES string of the molecule is CN=C(NCCc1ccccc1)NCC(=O)NC(C)(C)C. The lowest BCUT2D eigenvalue weighted by Gasteiger charge is -2.21. The van der Waals surface area contributed by atoms with Gasteiger partial charge in [0.15, 0.2) is 5.96 Å². The summed E-state index contributed by atoms with van der Waals surface area (Å²) in [6, 6.07) is 10.2. The second kappa shape index (κ2) is 8.29. The topological polar surface area (TPSA) is 65.5 Å². The molecule has 0 saturated heterocycles. The summed E-state index contributed by atoms with van der Waals surface area (Å²) in [6.07, 6.45) is 0.912. The van der Waals surface area contributed by atoms with E-state index in [1.807, 2.05) is 39.0 Å². The molecule has 0 aliphatic rings. The van der Waals surface area contributed by atoms with Crippen molar-refractivity contribution in [1.29, 1.82) is 0 Å². The minimum Gasteiger partial charge on any atom is -0.356 e. The molecule has 0 unspecified atom stereocenters. The number of benzene rings is 1. The molecule has 0 atom stereocenters. The molecule has 1 rings (SSSR count). The van der Waals surface area contributed by atoms with E-state index in [4.69, 9.17) is 0 Å². The van der Waals surface area contributed by atoms with Crippen LogP contribution < -0.4 is 16.0 Å². The van der Waals surface area contributed by atoms with Crippen molar-refractivity contribution in [2.75, 3.05) is 20.1 Å². The van der Waals surface area contributed by atoms with Crippen LogP contribution in [0.3, 0.4) is 0 Å². The van der Waals surface area contributed by atoms with Crippen LogP contribution in [0.15, 0.2) is 35.3 Å². The molecule has 0 spiro atoms. The standard InChI is InChI=1S/C16H26N4O/c1-16(2,3)20-14(21)12-19-15(17-4)18-11-10-13-8-6-5-7-9-13/h5-9H,10-12H2,1-4H3,(H,20,21)(H2,17,18,19). The van der Waals surface area contributed by atoms with Crippen molar-refractivity contribution in [1.82, 2.24) is 16.0 Å². The maximum absolute atomic E-state index is 11.7. The Bertz CT molecular complexity index is 463. The Balaban J connectivity index is 2.28. The zero-order chi connectivity index (χ0) is 15.7. The van der Waals surface area contributed by atoms with Gasteiger partial charge in [-0.2, -0.15) is 0 Å². The van der Waals surface area contributed by atoms with Crippen molar-refractivity contribution in [3.8, 4) is 0 Å². The Morgan fingerprint density at radius 1 is 1.14 bits per heavy atom. The van der Waals surface area contributed by atoms with Gasteiger partial charge in [-0.25, -0.2) is 0 Å². The first kappa shape index (κ1) is 17.0. The van der Waals surface area contributed by atoms with E-state index in [2.05, 4.69) is 33.1 Å². The molecule has 0 aliphatic carbocycles. The van der Waals surface area contributed by atoms with E-state index < -0.39 is 0 Å². The zero-order valence-corrected chi connectivity index (χ0v) is 13.4. The average Bonchev–Trinajstić information content (AvgIpc) is 2.42. The Labute approximate surface area is 127 Å².